The van der Waals surface area contributed by atoms with Gasteiger partial charge < -0.3 is 15.1 Å². The van der Waals surface area contributed by atoms with Gasteiger partial charge in [0.2, 0.25) is 23.6 Å². The summed E-state index contributed by atoms with van der Waals surface area (Å²) in [6.07, 6.45) is 0.747. The van der Waals surface area contributed by atoms with Gasteiger partial charge in [0.05, 0.1) is 17.5 Å². The van der Waals surface area contributed by atoms with Crippen LogP contribution in [-0.4, -0.2) is 48.7 Å². The molecular weight excluding hydrogens is 534 g/mol. The molecule has 2 fully saturated rings. The van der Waals surface area contributed by atoms with E-state index in [1.165, 1.54) is 11.8 Å². The molecule has 0 aliphatic carbocycles. The number of hydrogen-bond acceptors (Lipinski definition) is 6. The van der Waals surface area contributed by atoms with E-state index in [4.69, 9.17) is 0 Å². The van der Waals surface area contributed by atoms with Crippen molar-refractivity contribution < 1.29 is 24.0 Å². The normalized spacial score (nSPS) is 25.7. The van der Waals surface area contributed by atoms with Crippen LogP contribution in [0.4, 0.5) is 22.7 Å². The standard InChI is InChI=1S/C32H29N5O5/c1-18-27-28(30(41)37(29(27)40)22-13-11-21(12-14-22)33-19(2)38)32(34-18)23-8-4-6-10-25(23)36(31(32)42)17-26(39)35-16-15-20-7-3-5-9-24(20)35/h3-14,18,27-28,34H,15-17H2,1-2H3,(H,33,38)/t18-,27+,28+,32+/m1/s1. The molecule has 0 bridgehead atoms. The Hall–Kier alpha value is -4.83. The molecule has 3 aromatic carbocycles. The van der Waals surface area contributed by atoms with Crippen LogP contribution < -0.4 is 25.3 Å². The molecule has 0 aromatic heterocycles. The Balaban J connectivity index is 1.24. The van der Waals surface area contributed by atoms with E-state index >= 15 is 0 Å². The fourth-order valence-corrected chi connectivity index (χ4v) is 7.24. The summed E-state index contributed by atoms with van der Waals surface area (Å²) in [7, 11) is 0. The molecule has 4 heterocycles. The van der Waals surface area contributed by atoms with Crippen molar-refractivity contribution in [3.8, 4) is 0 Å². The van der Waals surface area contributed by atoms with Crippen LogP contribution in [0.3, 0.4) is 0 Å². The number of hydrogen-bond donors (Lipinski definition) is 2. The van der Waals surface area contributed by atoms with E-state index in [1.54, 1.807) is 53.4 Å². The first-order valence-electron chi connectivity index (χ1n) is 14.1. The van der Waals surface area contributed by atoms with E-state index in [-0.39, 0.29) is 24.3 Å². The van der Waals surface area contributed by atoms with Gasteiger partial charge in [-0.3, -0.25) is 29.3 Å². The number of imide groups is 1. The van der Waals surface area contributed by atoms with E-state index < -0.39 is 35.2 Å². The second-order valence-electron chi connectivity index (χ2n) is 11.3. The van der Waals surface area contributed by atoms with E-state index in [1.807, 2.05) is 31.2 Å². The molecule has 4 atom stereocenters. The number of anilines is 4. The number of nitrogens with one attached hydrogen (secondary N) is 2. The molecule has 3 aromatic rings. The van der Waals surface area contributed by atoms with Gasteiger partial charge in [0.25, 0.3) is 5.91 Å². The lowest BCUT2D eigenvalue weighted by atomic mass is 9.76. The lowest BCUT2D eigenvalue weighted by Crippen LogP contribution is -2.56. The number of rotatable bonds is 4. The van der Waals surface area contributed by atoms with Gasteiger partial charge in [-0.05, 0) is 55.3 Å². The van der Waals surface area contributed by atoms with E-state index in [0.717, 1.165) is 22.6 Å². The molecule has 7 rings (SSSR count). The molecule has 10 nitrogen and oxygen atoms in total. The van der Waals surface area contributed by atoms with Crippen LogP contribution in [0.25, 0.3) is 0 Å². The lowest BCUT2D eigenvalue weighted by molar-refractivity contribution is -0.132. The van der Waals surface area contributed by atoms with Crippen molar-refractivity contribution in [1.29, 1.82) is 0 Å². The van der Waals surface area contributed by atoms with Crippen LogP contribution in [0.5, 0.6) is 0 Å². The third-order valence-corrected chi connectivity index (χ3v) is 8.94. The van der Waals surface area contributed by atoms with Gasteiger partial charge in [0.1, 0.15) is 12.1 Å². The molecule has 2 N–H and O–H groups in total. The van der Waals surface area contributed by atoms with Gasteiger partial charge in [-0.2, -0.15) is 0 Å². The highest BCUT2D eigenvalue weighted by atomic mass is 16.2. The molecule has 0 saturated carbocycles. The number of carbonyl (C=O) groups is 5. The molecule has 4 aliphatic rings. The van der Waals surface area contributed by atoms with Crippen molar-refractivity contribution in [2.45, 2.75) is 31.8 Å². The minimum atomic E-state index is -1.48. The maximum absolute atomic E-state index is 14.5. The Kier molecular flexibility index (Phi) is 5.81. The average Bonchev–Trinajstić information content (AvgIpc) is 3.68. The van der Waals surface area contributed by atoms with Crippen LogP contribution in [-0.2, 0) is 35.9 Å². The van der Waals surface area contributed by atoms with Crippen molar-refractivity contribution in [3.05, 3.63) is 83.9 Å². The maximum atomic E-state index is 14.5. The van der Waals surface area contributed by atoms with Gasteiger partial charge in [-0.1, -0.05) is 36.4 Å². The summed E-state index contributed by atoms with van der Waals surface area (Å²) < 4.78 is 0. The van der Waals surface area contributed by atoms with Gasteiger partial charge in [0, 0.05) is 42.1 Å². The topological polar surface area (TPSA) is 119 Å². The quantitative estimate of drug-likeness (QED) is 0.471. The monoisotopic (exact) mass is 563 g/mol. The maximum Gasteiger partial charge on any atom is 0.253 e. The fourth-order valence-electron chi connectivity index (χ4n) is 7.24. The summed E-state index contributed by atoms with van der Waals surface area (Å²) in [4.78, 5) is 71.8. The number of nitrogens with zero attached hydrogens (tertiary/aromatic N) is 3. The van der Waals surface area contributed by atoms with Gasteiger partial charge >= 0.3 is 0 Å². The molecule has 0 radical (unpaired) electrons. The lowest BCUT2D eigenvalue weighted by Gasteiger charge is -2.30. The minimum absolute atomic E-state index is 0.185. The molecule has 4 aliphatic heterocycles. The Labute approximate surface area is 242 Å². The van der Waals surface area contributed by atoms with Crippen LogP contribution in [0.15, 0.2) is 72.8 Å². The zero-order valence-electron chi connectivity index (χ0n) is 23.2. The Morgan fingerprint density at radius 3 is 2.36 bits per heavy atom. The van der Waals surface area contributed by atoms with E-state index in [2.05, 4.69) is 10.6 Å². The second kappa shape index (κ2) is 9.35. The fraction of sp³-hybridized carbons (Fsp3) is 0.281. The van der Waals surface area contributed by atoms with Crippen LogP contribution in [0, 0.1) is 11.8 Å². The number of para-hydroxylation sites is 2. The molecule has 5 amide bonds. The zero-order valence-corrected chi connectivity index (χ0v) is 23.2. The Morgan fingerprint density at radius 1 is 0.929 bits per heavy atom. The first-order chi connectivity index (χ1) is 20.2. The van der Waals surface area contributed by atoms with Crippen molar-refractivity contribution in [2.75, 3.05) is 33.1 Å². The number of fused-ring (bicyclic) bond motifs is 5. The molecule has 0 unspecified atom stereocenters. The second-order valence-corrected chi connectivity index (χ2v) is 11.3. The number of benzene rings is 3. The highest BCUT2D eigenvalue weighted by molar-refractivity contribution is 6.26. The third kappa shape index (κ3) is 3.58. The van der Waals surface area contributed by atoms with Crippen LogP contribution >= 0.6 is 0 Å². The van der Waals surface area contributed by atoms with Crippen molar-refractivity contribution in [3.63, 3.8) is 0 Å². The SMILES string of the molecule is CC(=O)Nc1ccc(N2C(=O)[C@@H]3[C@@H](C2=O)[C@]2(N[C@@H]3C)C(=O)N(CC(=O)N3CCc4ccccc43)c3ccccc32)cc1. The summed E-state index contributed by atoms with van der Waals surface area (Å²) >= 11 is 0. The van der Waals surface area contributed by atoms with E-state index in [9.17, 15) is 24.0 Å². The van der Waals surface area contributed by atoms with Crippen LogP contribution in [0.1, 0.15) is 25.0 Å². The van der Waals surface area contributed by atoms with Gasteiger partial charge in [0.15, 0.2) is 0 Å². The first kappa shape index (κ1) is 26.1. The Morgan fingerprint density at radius 2 is 1.62 bits per heavy atom. The highest BCUT2D eigenvalue weighted by Gasteiger charge is 2.71. The molecular formula is C32H29N5O5. The van der Waals surface area contributed by atoms with E-state index in [0.29, 0.717) is 29.2 Å². The molecule has 1 spiro atoms. The third-order valence-electron chi connectivity index (χ3n) is 8.94. The molecule has 42 heavy (non-hydrogen) atoms. The molecule has 212 valence electrons. The summed E-state index contributed by atoms with van der Waals surface area (Å²) in [6.45, 7) is 3.56. The first-order valence-corrected chi connectivity index (χ1v) is 14.1. The number of carbonyl (C=O) groups excluding carboxylic acids is 5. The zero-order chi connectivity index (χ0) is 29.3. The Bertz CT molecular complexity index is 1690. The predicted octanol–water partition coefficient (Wildman–Crippen LogP) is 2.57. The molecule has 10 heteroatoms. The highest BCUT2D eigenvalue weighted by Crippen LogP contribution is 2.55. The van der Waals surface area contributed by atoms with Gasteiger partial charge in [-0.25, -0.2) is 4.90 Å². The van der Waals surface area contributed by atoms with Crippen LogP contribution in [0.2, 0.25) is 0 Å². The summed E-state index contributed by atoms with van der Waals surface area (Å²) in [6, 6.07) is 20.9. The summed E-state index contributed by atoms with van der Waals surface area (Å²) in [5, 5.41) is 6.03. The van der Waals surface area contributed by atoms with Crippen molar-refractivity contribution in [1.82, 2.24) is 5.32 Å². The summed E-state index contributed by atoms with van der Waals surface area (Å²) in [5.74, 6) is -3.48. The largest absolute Gasteiger partial charge is 0.326 e. The summed E-state index contributed by atoms with van der Waals surface area (Å²) in [5.41, 5.74) is 2.51. The van der Waals surface area contributed by atoms with Crippen molar-refractivity contribution >= 4 is 52.3 Å². The van der Waals surface area contributed by atoms with Gasteiger partial charge in [-0.15, -0.1) is 0 Å². The molecule has 2 saturated heterocycles. The average molecular weight is 564 g/mol. The minimum Gasteiger partial charge on any atom is -0.326 e. The van der Waals surface area contributed by atoms with Crippen molar-refractivity contribution in [2.24, 2.45) is 11.8 Å². The number of amides is 5. The smallest absolute Gasteiger partial charge is 0.253 e. The predicted molar refractivity (Wildman–Crippen MR) is 156 cm³/mol.